The van der Waals surface area contributed by atoms with E-state index in [2.05, 4.69) is 5.32 Å². The molecule has 0 aromatic carbocycles. The summed E-state index contributed by atoms with van der Waals surface area (Å²) in [7, 11) is 0. The third-order valence-electron chi connectivity index (χ3n) is 4.52. The lowest BCUT2D eigenvalue weighted by molar-refractivity contribution is -0.153. The van der Waals surface area contributed by atoms with Crippen molar-refractivity contribution >= 4 is 23.3 Å². The molecule has 1 aromatic heterocycles. The first-order chi connectivity index (χ1) is 10.1. The van der Waals surface area contributed by atoms with Crippen LogP contribution >= 0.6 is 11.3 Å². The number of urea groups is 1. The van der Waals surface area contributed by atoms with E-state index in [9.17, 15) is 14.7 Å². The van der Waals surface area contributed by atoms with Gasteiger partial charge in [0, 0.05) is 19.1 Å². The molecule has 0 bridgehead atoms. The van der Waals surface area contributed by atoms with Gasteiger partial charge in [0.25, 0.3) is 0 Å². The van der Waals surface area contributed by atoms with Crippen LogP contribution in [0.4, 0.5) is 4.79 Å². The quantitative estimate of drug-likeness (QED) is 0.849. The molecule has 2 aliphatic carbocycles. The monoisotopic (exact) mass is 308 g/mol. The zero-order chi connectivity index (χ0) is 14.9. The van der Waals surface area contributed by atoms with Crippen LogP contribution in [0.1, 0.15) is 37.7 Å². The number of carboxylic acid groups (broad SMARTS) is 1. The number of hydrogen-bond acceptors (Lipinski definition) is 3. The number of aliphatic carboxylic acids is 1. The zero-order valence-corrected chi connectivity index (χ0v) is 12.7. The van der Waals surface area contributed by atoms with E-state index in [1.165, 1.54) is 0 Å². The molecule has 0 atom stereocenters. The molecule has 6 heteroatoms. The van der Waals surface area contributed by atoms with Gasteiger partial charge in [-0.3, -0.25) is 4.79 Å². The van der Waals surface area contributed by atoms with Gasteiger partial charge in [0.1, 0.15) is 0 Å². The Morgan fingerprint density at radius 1 is 1.43 bits per heavy atom. The van der Waals surface area contributed by atoms with Gasteiger partial charge in [0.05, 0.1) is 5.41 Å². The molecule has 2 amide bonds. The molecule has 5 nitrogen and oxygen atoms in total. The van der Waals surface area contributed by atoms with Gasteiger partial charge < -0.3 is 15.3 Å². The van der Waals surface area contributed by atoms with Crippen LogP contribution in [0.3, 0.4) is 0 Å². The first kappa shape index (κ1) is 14.4. The number of nitrogens with zero attached hydrogens (tertiary/aromatic N) is 1. The highest BCUT2D eigenvalue weighted by Crippen LogP contribution is 2.40. The summed E-state index contributed by atoms with van der Waals surface area (Å²) in [6.07, 6.45) is 4.35. The second-order valence-electron chi connectivity index (χ2n) is 6.09. The largest absolute Gasteiger partial charge is 0.481 e. The van der Waals surface area contributed by atoms with Crippen molar-refractivity contribution in [1.82, 2.24) is 10.2 Å². The van der Waals surface area contributed by atoms with E-state index < -0.39 is 11.4 Å². The molecule has 3 rings (SSSR count). The van der Waals surface area contributed by atoms with E-state index in [4.69, 9.17) is 0 Å². The second kappa shape index (κ2) is 5.67. The predicted octanol–water partition coefficient (Wildman–Crippen LogP) is 2.68. The van der Waals surface area contributed by atoms with Crippen LogP contribution in [-0.2, 0) is 11.3 Å². The minimum Gasteiger partial charge on any atom is -0.481 e. The van der Waals surface area contributed by atoms with Gasteiger partial charge in [-0.25, -0.2) is 4.79 Å². The van der Waals surface area contributed by atoms with Gasteiger partial charge in [0.2, 0.25) is 0 Å². The number of amides is 2. The number of hydrogen-bond donors (Lipinski definition) is 2. The average molecular weight is 308 g/mol. The van der Waals surface area contributed by atoms with Crippen LogP contribution in [-0.4, -0.2) is 34.6 Å². The van der Waals surface area contributed by atoms with Crippen LogP contribution in [0.2, 0.25) is 0 Å². The Morgan fingerprint density at radius 3 is 2.67 bits per heavy atom. The summed E-state index contributed by atoms with van der Waals surface area (Å²) in [5.41, 5.74) is 0.409. The number of carbonyl (C=O) groups is 2. The molecule has 2 fully saturated rings. The minimum absolute atomic E-state index is 0.128. The van der Waals surface area contributed by atoms with Crippen LogP contribution in [0.15, 0.2) is 16.8 Å². The minimum atomic E-state index is -0.787. The van der Waals surface area contributed by atoms with E-state index >= 15 is 0 Å². The van der Waals surface area contributed by atoms with Crippen molar-refractivity contribution in [2.75, 3.05) is 6.54 Å². The first-order valence-electron chi connectivity index (χ1n) is 7.40. The fraction of sp³-hybridized carbons (Fsp3) is 0.600. The molecule has 0 unspecified atom stereocenters. The summed E-state index contributed by atoms with van der Waals surface area (Å²) in [5, 5.41) is 16.2. The van der Waals surface area contributed by atoms with Gasteiger partial charge in [0.15, 0.2) is 0 Å². The van der Waals surface area contributed by atoms with Crippen LogP contribution in [0.5, 0.6) is 0 Å². The highest BCUT2D eigenvalue weighted by atomic mass is 32.1. The Kier molecular flexibility index (Phi) is 3.89. The number of nitrogens with one attached hydrogen (secondary N) is 1. The lowest BCUT2D eigenvalue weighted by Gasteiger charge is -2.38. The van der Waals surface area contributed by atoms with Crippen LogP contribution in [0.25, 0.3) is 0 Å². The maximum absolute atomic E-state index is 12.4. The molecule has 0 spiro atoms. The topological polar surface area (TPSA) is 69.6 Å². The molecule has 1 heterocycles. The third kappa shape index (κ3) is 3.05. The Bertz CT molecular complexity index is 521. The van der Waals surface area contributed by atoms with E-state index in [1.807, 2.05) is 21.7 Å². The normalized spacial score (nSPS) is 19.6. The zero-order valence-electron chi connectivity index (χ0n) is 11.9. The Balaban J connectivity index is 1.58. The van der Waals surface area contributed by atoms with Crippen molar-refractivity contribution in [2.24, 2.45) is 5.41 Å². The fourth-order valence-electron chi connectivity index (χ4n) is 2.75. The summed E-state index contributed by atoms with van der Waals surface area (Å²) in [5.74, 6) is -0.787. The lowest BCUT2D eigenvalue weighted by Crippen LogP contribution is -2.50. The second-order valence-corrected chi connectivity index (χ2v) is 6.87. The van der Waals surface area contributed by atoms with Gasteiger partial charge >= 0.3 is 12.0 Å². The molecule has 2 saturated carbocycles. The standard InChI is InChI=1S/C15H20N2O3S/c18-13(19)15(5-1-6-15)10-16-14(20)17(12-2-3-12)8-11-4-7-21-9-11/h4,7,9,12H,1-3,5-6,8,10H2,(H,16,20)(H,18,19). The van der Waals surface area contributed by atoms with E-state index in [1.54, 1.807) is 11.3 Å². The fourth-order valence-corrected chi connectivity index (χ4v) is 3.41. The predicted molar refractivity (Wildman–Crippen MR) is 80.2 cm³/mol. The third-order valence-corrected chi connectivity index (χ3v) is 5.26. The van der Waals surface area contributed by atoms with Crippen LogP contribution in [0, 0.1) is 5.41 Å². The molecular formula is C15H20N2O3S. The SMILES string of the molecule is O=C(NCC1(C(=O)O)CCC1)N(Cc1ccsc1)C1CC1. The molecule has 0 aliphatic heterocycles. The smallest absolute Gasteiger partial charge is 0.317 e. The summed E-state index contributed by atoms with van der Waals surface area (Å²) < 4.78 is 0. The Morgan fingerprint density at radius 2 is 2.19 bits per heavy atom. The summed E-state index contributed by atoms with van der Waals surface area (Å²) in [6, 6.07) is 2.21. The van der Waals surface area contributed by atoms with Gasteiger partial charge in [-0.15, -0.1) is 0 Å². The van der Waals surface area contributed by atoms with Crippen molar-refractivity contribution in [3.8, 4) is 0 Å². The van der Waals surface area contributed by atoms with Gasteiger partial charge in [-0.2, -0.15) is 11.3 Å². The molecule has 114 valence electrons. The first-order valence-corrected chi connectivity index (χ1v) is 8.34. The van der Waals surface area contributed by atoms with Crippen molar-refractivity contribution < 1.29 is 14.7 Å². The van der Waals surface area contributed by atoms with Crippen molar-refractivity contribution in [3.05, 3.63) is 22.4 Å². The molecule has 2 N–H and O–H groups in total. The van der Waals surface area contributed by atoms with E-state index in [-0.39, 0.29) is 12.6 Å². The maximum Gasteiger partial charge on any atom is 0.317 e. The number of carboxylic acids is 1. The Hall–Kier alpha value is -1.56. The Labute approximate surface area is 128 Å². The summed E-state index contributed by atoms with van der Waals surface area (Å²) in [4.78, 5) is 25.6. The highest BCUT2D eigenvalue weighted by molar-refractivity contribution is 7.07. The molecule has 0 radical (unpaired) electrons. The molecule has 2 aliphatic rings. The number of carbonyl (C=O) groups excluding carboxylic acids is 1. The van der Waals surface area contributed by atoms with E-state index in [0.29, 0.717) is 25.4 Å². The summed E-state index contributed by atoms with van der Waals surface area (Å²) in [6.45, 7) is 0.855. The van der Waals surface area contributed by atoms with Crippen molar-refractivity contribution in [1.29, 1.82) is 0 Å². The summed E-state index contributed by atoms with van der Waals surface area (Å²) >= 11 is 1.62. The van der Waals surface area contributed by atoms with Crippen molar-refractivity contribution in [3.63, 3.8) is 0 Å². The van der Waals surface area contributed by atoms with E-state index in [0.717, 1.165) is 24.8 Å². The maximum atomic E-state index is 12.4. The lowest BCUT2D eigenvalue weighted by atomic mass is 9.69. The van der Waals surface area contributed by atoms with Crippen LogP contribution < -0.4 is 5.32 Å². The molecular weight excluding hydrogens is 288 g/mol. The molecule has 1 aromatic rings. The molecule has 21 heavy (non-hydrogen) atoms. The van der Waals surface area contributed by atoms with Gasteiger partial charge in [-0.1, -0.05) is 6.42 Å². The highest BCUT2D eigenvalue weighted by Gasteiger charge is 2.45. The van der Waals surface area contributed by atoms with Crippen molar-refractivity contribution in [2.45, 2.75) is 44.7 Å². The number of thiophene rings is 1. The van der Waals surface area contributed by atoms with Gasteiger partial charge in [-0.05, 0) is 48.1 Å². The number of rotatable bonds is 6. The average Bonchev–Trinajstić information content (AvgIpc) is 3.11. The molecule has 0 saturated heterocycles.